The number of nitrogens with two attached hydrogens (primary N) is 1. The number of ether oxygens (including phenoxy) is 3. The molecule has 112 valence electrons. The van der Waals surface area contributed by atoms with Crippen LogP contribution >= 0.6 is 0 Å². The summed E-state index contributed by atoms with van der Waals surface area (Å²) in [5.74, 6) is 0.579. The van der Waals surface area contributed by atoms with Gasteiger partial charge in [-0.3, -0.25) is 10.1 Å². The van der Waals surface area contributed by atoms with E-state index in [1.54, 1.807) is 13.2 Å². The molecule has 0 radical (unpaired) electrons. The van der Waals surface area contributed by atoms with Crippen LogP contribution in [0.1, 0.15) is 12.0 Å². The van der Waals surface area contributed by atoms with Crippen LogP contribution in [0.3, 0.4) is 0 Å². The lowest BCUT2D eigenvalue weighted by molar-refractivity contribution is -0.384. The molecule has 0 aliphatic rings. The average Bonchev–Trinajstić information content (AvgIpc) is 2.46. The summed E-state index contributed by atoms with van der Waals surface area (Å²) in [7, 11) is 1.62. The number of nitro benzene ring substituents is 1. The van der Waals surface area contributed by atoms with Gasteiger partial charge in [-0.1, -0.05) is 0 Å². The van der Waals surface area contributed by atoms with Crippen LogP contribution in [0.25, 0.3) is 0 Å². The summed E-state index contributed by atoms with van der Waals surface area (Å²) in [4.78, 5) is 10.2. The van der Waals surface area contributed by atoms with Crippen LogP contribution in [0.5, 0.6) is 5.75 Å². The Kier molecular flexibility index (Phi) is 7.56. The zero-order valence-electron chi connectivity index (χ0n) is 11.5. The molecule has 0 aliphatic heterocycles. The Balaban J connectivity index is 2.38. The normalized spacial score (nSPS) is 10.5. The highest BCUT2D eigenvalue weighted by Crippen LogP contribution is 2.23. The van der Waals surface area contributed by atoms with Gasteiger partial charge < -0.3 is 19.9 Å². The quantitative estimate of drug-likeness (QED) is 0.397. The van der Waals surface area contributed by atoms with Gasteiger partial charge in [0.05, 0.1) is 24.7 Å². The van der Waals surface area contributed by atoms with E-state index in [1.807, 2.05) is 0 Å². The smallest absolute Gasteiger partial charge is 0.270 e. The van der Waals surface area contributed by atoms with Gasteiger partial charge in [0.25, 0.3) is 5.69 Å². The van der Waals surface area contributed by atoms with E-state index in [0.29, 0.717) is 37.7 Å². The number of non-ortho nitro benzene ring substituents is 1. The summed E-state index contributed by atoms with van der Waals surface area (Å²) in [5.41, 5.74) is 6.20. The van der Waals surface area contributed by atoms with Gasteiger partial charge in [0.2, 0.25) is 0 Å². The van der Waals surface area contributed by atoms with Gasteiger partial charge in [-0.25, -0.2) is 0 Å². The van der Waals surface area contributed by atoms with Gasteiger partial charge in [0.1, 0.15) is 5.75 Å². The molecule has 0 unspecified atom stereocenters. The number of nitrogens with zero attached hydrogens (tertiary/aromatic N) is 1. The summed E-state index contributed by atoms with van der Waals surface area (Å²) in [6.45, 7) is 2.37. The van der Waals surface area contributed by atoms with Crippen molar-refractivity contribution in [3.05, 3.63) is 33.9 Å². The molecule has 7 nitrogen and oxygen atoms in total. The highest BCUT2D eigenvalue weighted by molar-refractivity contribution is 5.43. The maximum atomic E-state index is 10.7. The lowest BCUT2D eigenvalue weighted by Gasteiger charge is -2.10. The summed E-state index contributed by atoms with van der Waals surface area (Å²) in [6.07, 6.45) is 0.727. The molecule has 0 aromatic heterocycles. The molecule has 0 bridgehead atoms. The van der Waals surface area contributed by atoms with Gasteiger partial charge in [0.15, 0.2) is 0 Å². The molecule has 7 heteroatoms. The van der Waals surface area contributed by atoms with Crippen molar-refractivity contribution in [2.75, 3.05) is 33.5 Å². The fourth-order valence-corrected chi connectivity index (χ4v) is 1.57. The summed E-state index contributed by atoms with van der Waals surface area (Å²) < 4.78 is 15.7. The number of benzene rings is 1. The van der Waals surface area contributed by atoms with Gasteiger partial charge in [-0.2, -0.15) is 0 Å². The third kappa shape index (κ3) is 5.52. The third-order valence-corrected chi connectivity index (χ3v) is 2.60. The highest BCUT2D eigenvalue weighted by atomic mass is 16.6. The predicted octanol–water partition coefficient (Wildman–Crippen LogP) is 1.49. The molecule has 0 spiro atoms. The molecule has 2 N–H and O–H groups in total. The fourth-order valence-electron chi connectivity index (χ4n) is 1.57. The van der Waals surface area contributed by atoms with E-state index in [4.69, 9.17) is 19.9 Å². The first-order valence-electron chi connectivity index (χ1n) is 6.36. The first-order chi connectivity index (χ1) is 9.69. The van der Waals surface area contributed by atoms with Crippen LogP contribution in [0.15, 0.2) is 18.2 Å². The summed E-state index contributed by atoms with van der Waals surface area (Å²) in [5, 5.41) is 10.7. The van der Waals surface area contributed by atoms with Crippen LogP contribution in [0.4, 0.5) is 5.69 Å². The minimum Gasteiger partial charge on any atom is -0.493 e. The van der Waals surface area contributed by atoms with Gasteiger partial charge >= 0.3 is 0 Å². The lowest BCUT2D eigenvalue weighted by atomic mass is 10.2. The molecule has 0 saturated carbocycles. The Morgan fingerprint density at radius 2 is 2.05 bits per heavy atom. The molecular formula is C13H20N2O5. The SMILES string of the molecule is COCCOCCCOc1ccc([N+](=O)[O-])cc1CN. The fraction of sp³-hybridized carbons (Fsp3) is 0.538. The molecule has 0 saturated heterocycles. The largest absolute Gasteiger partial charge is 0.493 e. The van der Waals surface area contributed by atoms with Crippen molar-refractivity contribution in [3.8, 4) is 5.75 Å². The Morgan fingerprint density at radius 1 is 1.25 bits per heavy atom. The van der Waals surface area contributed by atoms with E-state index >= 15 is 0 Å². The van der Waals surface area contributed by atoms with E-state index in [9.17, 15) is 10.1 Å². The van der Waals surface area contributed by atoms with Gasteiger partial charge in [0, 0.05) is 44.4 Å². The summed E-state index contributed by atoms with van der Waals surface area (Å²) in [6, 6.07) is 4.42. The van der Waals surface area contributed by atoms with E-state index in [0.717, 1.165) is 6.42 Å². The van der Waals surface area contributed by atoms with Crippen LogP contribution in [0.2, 0.25) is 0 Å². The maximum Gasteiger partial charge on any atom is 0.270 e. The molecule has 1 rings (SSSR count). The molecule has 0 amide bonds. The Morgan fingerprint density at radius 3 is 2.70 bits per heavy atom. The second kappa shape index (κ2) is 9.24. The van der Waals surface area contributed by atoms with E-state index in [2.05, 4.69) is 0 Å². The van der Waals surface area contributed by atoms with Crippen molar-refractivity contribution >= 4 is 5.69 Å². The molecule has 0 fully saturated rings. The van der Waals surface area contributed by atoms with Crippen molar-refractivity contribution in [3.63, 3.8) is 0 Å². The molecule has 1 aromatic rings. The van der Waals surface area contributed by atoms with Crippen molar-refractivity contribution in [2.24, 2.45) is 5.73 Å². The topological polar surface area (TPSA) is 96.8 Å². The van der Waals surface area contributed by atoms with Crippen molar-refractivity contribution in [1.82, 2.24) is 0 Å². The lowest BCUT2D eigenvalue weighted by Crippen LogP contribution is -2.08. The third-order valence-electron chi connectivity index (χ3n) is 2.60. The van der Waals surface area contributed by atoms with Gasteiger partial charge in [-0.05, 0) is 6.07 Å². The Labute approximate surface area is 117 Å². The Bertz CT molecular complexity index is 425. The van der Waals surface area contributed by atoms with Crippen LogP contribution < -0.4 is 10.5 Å². The van der Waals surface area contributed by atoms with E-state index < -0.39 is 4.92 Å². The Hall–Kier alpha value is -1.70. The number of nitro groups is 1. The number of hydrogen-bond acceptors (Lipinski definition) is 6. The predicted molar refractivity (Wildman–Crippen MR) is 73.8 cm³/mol. The monoisotopic (exact) mass is 284 g/mol. The van der Waals surface area contributed by atoms with Crippen LogP contribution in [0, 0.1) is 10.1 Å². The van der Waals surface area contributed by atoms with Gasteiger partial charge in [-0.15, -0.1) is 0 Å². The summed E-state index contributed by atoms with van der Waals surface area (Å²) >= 11 is 0. The second-order valence-electron chi connectivity index (χ2n) is 4.06. The number of hydrogen-bond donors (Lipinski definition) is 1. The van der Waals surface area contributed by atoms with Crippen LogP contribution in [-0.2, 0) is 16.0 Å². The number of rotatable bonds is 10. The minimum absolute atomic E-state index is 0.0145. The van der Waals surface area contributed by atoms with Crippen LogP contribution in [-0.4, -0.2) is 38.5 Å². The standard InChI is InChI=1S/C13H20N2O5/c1-18-7-8-19-5-2-6-20-13-4-3-12(15(16)17)9-11(13)10-14/h3-4,9H,2,5-8,10,14H2,1H3. The number of methoxy groups -OCH3 is 1. The highest BCUT2D eigenvalue weighted by Gasteiger charge is 2.10. The molecule has 1 aromatic carbocycles. The average molecular weight is 284 g/mol. The molecular weight excluding hydrogens is 264 g/mol. The molecule has 0 heterocycles. The van der Waals surface area contributed by atoms with Crippen molar-refractivity contribution < 1.29 is 19.1 Å². The minimum atomic E-state index is -0.452. The first kappa shape index (κ1) is 16.4. The zero-order valence-corrected chi connectivity index (χ0v) is 11.5. The van der Waals surface area contributed by atoms with Crippen molar-refractivity contribution in [2.45, 2.75) is 13.0 Å². The van der Waals surface area contributed by atoms with E-state index in [1.165, 1.54) is 12.1 Å². The van der Waals surface area contributed by atoms with Crippen molar-refractivity contribution in [1.29, 1.82) is 0 Å². The zero-order chi connectivity index (χ0) is 14.8. The van der Waals surface area contributed by atoms with E-state index in [-0.39, 0.29) is 12.2 Å². The second-order valence-corrected chi connectivity index (χ2v) is 4.06. The molecule has 20 heavy (non-hydrogen) atoms. The molecule has 0 aliphatic carbocycles. The maximum absolute atomic E-state index is 10.7. The first-order valence-corrected chi connectivity index (χ1v) is 6.36. The molecule has 0 atom stereocenters.